The van der Waals surface area contributed by atoms with Crippen LogP contribution in [0.4, 0.5) is 0 Å². The predicted molar refractivity (Wildman–Crippen MR) is 50.7 cm³/mol. The van der Waals surface area contributed by atoms with Crippen molar-refractivity contribution in [3.63, 3.8) is 0 Å². The lowest BCUT2D eigenvalue weighted by Crippen LogP contribution is -2.64. The standard InChI is InChI=1S/C8H16N2O6/c1-3(12)9-10-8-7(15)6(14)5(13)4(2-11)16-8/h4-8,10-11,13-15H,2H2,1H3,(H,9,12)/t4-,5-,6+,7-,8?/m1/s1. The smallest absolute Gasteiger partial charge is 0.231 e. The van der Waals surface area contributed by atoms with Gasteiger partial charge in [-0.15, -0.1) is 0 Å². The van der Waals surface area contributed by atoms with E-state index in [4.69, 9.17) is 9.84 Å². The van der Waals surface area contributed by atoms with Crippen LogP contribution in [0.2, 0.25) is 0 Å². The summed E-state index contributed by atoms with van der Waals surface area (Å²) in [7, 11) is 0. The number of ether oxygens (including phenoxy) is 1. The van der Waals surface area contributed by atoms with Gasteiger partial charge in [-0.25, -0.2) is 5.43 Å². The summed E-state index contributed by atoms with van der Waals surface area (Å²) < 4.78 is 5.05. The van der Waals surface area contributed by atoms with Gasteiger partial charge in [-0.2, -0.15) is 0 Å². The molecule has 8 heteroatoms. The van der Waals surface area contributed by atoms with E-state index in [2.05, 4.69) is 10.9 Å². The molecule has 6 N–H and O–H groups in total. The van der Waals surface area contributed by atoms with Gasteiger partial charge in [-0.3, -0.25) is 10.2 Å². The third kappa shape index (κ3) is 2.88. The van der Waals surface area contributed by atoms with Crippen molar-refractivity contribution in [1.82, 2.24) is 10.9 Å². The van der Waals surface area contributed by atoms with Crippen LogP contribution in [-0.2, 0) is 9.53 Å². The van der Waals surface area contributed by atoms with Gasteiger partial charge in [-0.05, 0) is 0 Å². The summed E-state index contributed by atoms with van der Waals surface area (Å²) in [5.41, 5.74) is 4.51. The number of aliphatic hydroxyl groups excluding tert-OH is 4. The van der Waals surface area contributed by atoms with E-state index in [0.717, 1.165) is 0 Å². The minimum atomic E-state index is -1.46. The molecule has 0 bridgehead atoms. The van der Waals surface area contributed by atoms with Gasteiger partial charge >= 0.3 is 0 Å². The fourth-order valence-electron chi connectivity index (χ4n) is 1.39. The largest absolute Gasteiger partial charge is 0.394 e. The van der Waals surface area contributed by atoms with E-state index in [0.29, 0.717) is 0 Å². The Morgan fingerprint density at radius 2 is 1.88 bits per heavy atom. The number of carbonyl (C=O) groups excluding carboxylic acids is 1. The first kappa shape index (κ1) is 13.3. The van der Waals surface area contributed by atoms with E-state index in [1.54, 1.807) is 0 Å². The van der Waals surface area contributed by atoms with Crippen molar-refractivity contribution in [3.05, 3.63) is 0 Å². The van der Waals surface area contributed by atoms with Crippen LogP contribution in [0.3, 0.4) is 0 Å². The molecule has 1 amide bonds. The van der Waals surface area contributed by atoms with Crippen molar-refractivity contribution < 1.29 is 30.0 Å². The first-order valence-electron chi connectivity index (χ1n) is 4.80. The summed E-state index contributed by atoms with van der Waals surface area (Å²) in [6, 6.07) is 0. The molecule has 5 atom stereocenters. The molecule has 0 aromatic heterocycles. The molecule has 16 heavy (non-hydrogen) atoms. The molecule has 8 nitrogen and oxygen atoms in total. The lowest BCUT2D eigenvalue weighted by atomic mass is 9.99. The zero-order valence-electron chi connectivity index (χ0n) is 8.70. The molecule has 1 saturated heterocycles. The molecule has 0 saturated carbocycles. The Hall–Kier alpha value is -0.770. The van der Waals surface area contributed by atoms with Gasteiger partial charge in [0.25, 0.3) is 0 Å². The lowest BCUT2D eigenvalue weighted by Gasteiger charge is -2.40. The SMILES string of the molecule is CC(=O)NNC1O[C@H](CO)[C@@H](O)[C@H](O)[C@H]1O. The highest BCUT2D eigenvalue weighted by Crippen LogP contribution is 2.19. The Labute approximate surface area is 91.8 Å². The molecular formula is C8H16N2O6. The molecular weight excluding hydrogens is 220 g/mol. The Bertz CT molecular complexity index is 249. The van der Waals surface area contributed by atoms with Crippen molar-refractivity contribution in [2.45, 2.75) is 37.6 Å². The maximum atomic E-state index is 10.6. The van der Waals surface area contributed by atoms with Crippen LogP contribution in [0, 0.1) is 0 Å². The number of carbonyl (C=O) groups is 1. The van der Waals surface area contributed by atoms with Crippen LogP contribution in [0.15, 0.2) is 0 Å². The highest BCUT2D eigenvalue weighted by atomic mass is 16.6. The second-order valence-electron chi connectivity index (χ2n) is 3.58. The molecule has 1 aliphatic rings. The normalized spacial score (nSPS) is 39.4. The summed E-state index contributed by atoms with van der Waals surface area (Å²) in [6.45, 7) is 0.736. The van der Waals surface area contributed by atoms with Gasteiger partial charge in [0, 0.05) is 6.92 Å². The Morgan fingerprint density at radius 1 is 1.25 bits per heavy atom. The molecule has 0 spiro atoms. The summed E-state index contributed by atoms with van der Waals surface area (Å²) in [4.78, 5) is 10.6. The number of hydrogen-bond donors (Lipinski definition) is 6. The fraction of sp³-hybridized carbons (Fsp3) is 0.875. The minimum absolute atomic E-state index is 0.406. The van der Waals surface area contributed by atoms with Gasteiger partial charge in [-0.1, -0.05) is 0 Å². The molecule has 94 valence electrons. The first-order chi connectivity index (χ1) is 7.47. The molecule has 1 unspecified atom stereocenters. The van der Waals surface area contributed by atoms with E-state index in [1.807, 2.05) is 0 Å². The second-order valence-corrected chi connectivity index (χ2v) is 3.58. The number of rotatable bonds is 3. The number of nitrogens with one attached hydrogen (secondary N) is 2. The predicted octanol–water partition coefficient (Wildman–Crippen LogP) is -3.57. The summed E-state index contributed by atoms with van der Waals surface area (Å²) in [5.74, 6) is -0.406. The maximum Gasteiger partial charge on any atom is 0.231 e. The molecule has 1 aliphatic heterocycles. The summed E-state index contributed by atoms with van der Waals surface area (Å²) >= 11 is 0. The van der Waals surface area contributed by atoms with Gasteiger partial charge < -0.3 is 25.2 Å². The summed E-state index contributed by atoms with van der Waals surface area (Å²) in [6.07, 6.45) is -6.37. The quantitative estimate of drug-likeness (QED) is 0.279. The molecule has 0 aromatic rings. The molecule has 0 aromatic carbocycles. The van der Waals surface area contributed by atoms with Crippen molar-refractivity contribution in [3.8, 4) is 0 Å². The van der Waals surface area contributed by atoms with Gasteiger partial charge in [0.2, 0.25) is 5.91 Å². The Kier molecular flexibility index (Phi) is 4.59. The second kappa shape index (κ2) is 5.53. The third-order valence-corrected chi connectivity index (χ3v) is 2.28. The highest BCUT2D eigenvalue weighted by molar-refractivity contribution is 5.72. The van der Waals surface area contributed by atoms with E-state index in [-0.39, 0.29) is 0 Å². The van der Waals surface area contributed by atoms with Gasteiger partial charge in [0.15, 0.2) is 6.23 Å². The molecule has 0 radical (unpaired) electrons. The third-order valence-electron chi connectivity index (χ3n) is 2.28. The lowest BCUT2D eigenvalue weighted by molar-refractivity contribution is -0.238. The molecule has 0 aliphatic carbocycles. The molecule has 1 rings (SSSR count). The fourth-order valence-corrected chi connectivity index (χ4v) is 1.39. The van der Waals surface area contributed by atoms with Crippen molar-refractivity contribution in [2.75, 3.05) is 6.61 Å². The zero-order valence-corrected chi connectivity index (χ0v) is 8.70. The molecule has 1 heterocycles. The van der Waals surface area contributed by atoms with E-state index in [1.165, 1.54) is 6.92 Å². The van der Waals surface area contributed by atoms with E-state index >= 15 is 0 Å². The first-order valence-corrected chi connectivity index (χ1v) is 4.80. The van der Waals surface area contributed by atoms with Crippen molar-refractivity contribution in [1.29, 1.82) is 0 Å². The Balaban J connectivity index is 2.60. The van der Waals surface area contributed by atoms with Gasteiger partial charge in [0.1, 0.15) is 24.4 Å². The van der Waals surface area contributed by atoms with Crippen molar-refractivity contribution in [2.24, 2.45) is 0 Å². The summed E-state index contributed by atoms with van der Waals surface area (Å²) in [5, 5.41) is 37.2. The van der Waals surface area contributed by atoms with Crippen LogP contribution in [0.25, 0.3) is 0 Å². The van der Waals surface area contributed by atoms with Crippen LogP contribution < -0.4 is 10.9 Å². The van der Waals surface area contributed by atoms with Crippen molar-refractivity contribution >= 4 is 5.91 Å². The van der Waals surface area contributed by atoms with E-state index < -0.39 is 43.2 Å². The molecule has 1 fully saturated rings. The van der Waals surface area contributed by atoms with Gasteiger partial charge in [0.05, 0.1) is 6.61 Å². The van der Waals surface area contributed by atoms with Crippen LogP contribution >= 0.6 is 0 Å². The topological polar surface area (TPSA) is 131 Å². The number of hydrazine groups is 1. The monoisotopic (exact) mass is 236 g/mol. The number of amides is 1. The average molecular weight is 236 g/mol. The number of hydrogen-bond acceptors (Lipinski definition) is 7. The average Bonchev–Trinajstić information content (AvgIpc) is 2.25. The van der Waals surface area contributed by atoms with Crippen LogP contribution in [0.5, 0.6) is 0 Å². The van der Waals surface area contributed by atoms with Crippen LogP contribution in [-0.4, -0.2) is 63.6 Å². The number of aliphatic hydroxyl groups is 4. The van der Waals surface area contributed by atoms with Crippen LogP contribution in [0.1, 0.15) is 6.92 Å². The highest BCUT2D eigenvalue weighted by Gasteiger charge is 2.43. The maximum absolute atomic E-state index is 10.6. The van der Waals surface area contributed by atoms with E-state index in [9.17, 15) is 20.1 Å². The Morgan fingerprint density at radius 3 is 2.38 bits per heavy atom. The zero-order chi connectivity index (χ0) is 12.3. The minimum Gasteiger partial charge on any atom is -0.394 e.